The van der Waals surface area contributed by atoms with Crippen LogP contribution in [0.5, 0.6) is 11.5 Å². The molecular formula is C26H29BF2O6. The van der Waals surface area contributed by atoms with Gasteiger partial charge in [-0.25, -0.2) is 8.78 Å². The summed E-state index contributed by atoms with van der Waals surface area (Å²) in [5.41, 5.74) is 1.09. The van der Waals surface area contributed by atoms with E-state index in [1.54, 1.807) is 12.1 Å². The molecule has 0 spiro atoms. The van der Waals surface area contributed by atoms with E-state index in [1.165, 1.54) is 13.2 Å². The summed E-state index contributed by atoms with van der Waals surface area (Å²) in [5, 5.41) is 0. The van der Waals surface area contributed by atoms with Gasteiger partial charge < -0.3 is 23.5 Å². The average molecular weight is 486 g/mol. The highest BCUT2D eigenvalue weighted by molar-refractivity contribution is 6.62. The lowest BCUT2D eigenvalue weighted by molar-refractivity contribution is -0.141. The van der Waals surface area contributed by atoms with Crippen molar-refractivity contribution < 1.29 is 37.1 Å². The minimum atomic E-state index is -0.952. The minimum Gasteiger partial charge on any atom is -0.492 e. The first-order valence-corrected chi connectivity index (χ1v) is 11.9. The van der Waals surface area contributed by atoms with Crippen molar-refractivity contribution in [3.8, 4) is 11.5 Å². The number of rotatable bonds is 5. The molecule has 0 amide bonds. The number of carbonyl (C=O) groups is 1. The Morgan fingerprint density at radius 3 is 2.54 bits per heavy atom. The third-order valence-electron chi connectivity index (χ3n) is 7.67. The molecular weight excluding hydrogens is 457 g/mol. The van der Waals surface area contributed by atoms with E-state index in [0.717, 1.165) is 5.56 Å². The summed E-state index contributed by atoms with van der Waals surface area (Å²) >= 11 is 0. The molecule has 0 aromatic heterocycles. The Balaban J connectivity index is 1.41. The molecule has 0 radical (unpaired) electrons. The highest BCUT2D eigenvalue weighted by atomic mass is 19.2. The number of benzene rings is 2. The SMILES string of the molecule is COC(=O)C[C@@H]1COc2cc(O[C@@H]3CCc4c(B5OC(C)(C)C(C)(C)O5)cc(F)c(F)c43)ccc21. The molecule has 1 aliphatic carbocycles. The lowest BCUT2D eigenvalue weighted by atomic mass is 9.74. The fourth-order valence-electron chi connectivity index (χ4n) is 4.98. The molecule has 5 rings (SSSR count). The monoisotopic (exact) mass is 486 g/mol. The zero-order valence-electron chi connectivity index (χ0n) is 20.6. The van der Waals surface area contributed by atoms with E-state index in [0.29, 0.717) is 42.0 Å². The first-order valence-electron chi connectivity index (χ1n) is 11.9. The average Bonchev–Trinajstić information content (AvgIpc) is 3.45. The third-order valence-corrected chi connectivity index (χ3v) is 7.67. The Labute approximate surface area is 204 Å². The lowest BCUT2D eigenvalue weighted by Gasteiger charge is -2.32. The second-order valence-corrected chi connectivity index (χ2v) is 10.4. The summed E-state index contributed by atoms with van der Waals surface area (Å²) in [6.07, 6.45) is 0.572. The first kappa shape index (κ1) is 24.1. The van der Waals surface area contributed by atoms with Gasteiger partial charge in [-0.3, -0.25) is 4.79 Å². The van der Waals surface area contributed by atoms with Gasteiger partial charge in [0.15, 0.2) is 11.6 Å². The van der Waals surface area contributed by atoms with Gasteiger partial charge in [0.25, 0.3) is 0 Å². The quantitative estimate of drug-likeness (QED) is 0.462. The highest BCUT2D eigenvalue weighted by Gasteiger charge is 2.53. The molecule has 0 saturated carbocycles. The molecule has 0 unspecified atom stereocenters. The largest absolute Gasteiger partial charge is 0.495 e. The van der Waals surface area contributed by atoms with E-state index in [1.807, 2.05) is 33.8 Å². The maximum atomic E-state index is 15.0. The maximum Gasteiger partial charge on any atom is 0.495 e. The van der Waals surface area contributed by atoms with Crippen molar-refractivity contribution in [1.29, 1.82) is 0 Å². The van der Waals surface area contributed by atoms with Gasteiger partial charge in [0.1, 0.15) is 17.6 Å². The van der Waals surface area contributed by atoms with Crippen molar-refractivity contribution in [3.05, 3.63) is 52.6 Å². The maximum absolute atomic E-state index is 15.0. The van der Waals surface area contributed by atoms with Gasteiger partial charge in [-0.05, 0) is 63.7 Å². The summed E-state index contributed by atoms with van der Waals surface area (Å²) < 4.78 is 58.7. The van der Waals surface area contributed by atoms with Crippen molar-refractivity contribution >= 4 is 18.6 Å². The molecule has 1 fully saturated rings. The Hall–Kier alpha value is -2.65. The van der Waals surface area contributed by atoms with Gasteiger partial charge in [0.05, 0.1) is 31.3 Å². The van der Waals surface area contributed by atoms with E-state index >= 15 is 4.39 Å². The van der Waals surface area contributed by atoms with Crippen LogP contribution in [0.15, 0.2) is 24.3 Å². The van der Waals surface area contributed by atoms with E-state index in [-0.39, 0.29) is 23.9 Å². The minimum absolute atomic E-state index is 0.0901. The summed E-state index contributed by atoms with van der Waals surface area (Å²) in [7, 11) is 0.568. The van der Waals surface area contributed by atoms with E-state index in [4.69, 9.17) is 23.5 Å². The summed E-state index contributed by atoms with van der Waals surface area (Å²) in [4.78, 5) is 11.7. The molecule has 2 atom stereocenters. The van der Waals surface area contributed by atoms with Gasteiger partial charge in [-0.2, -0.15) is 0 Å². The number of fused-ring (bicyclic) bond motifs is 2. The van der Waals surface area contributed by atoms with Crippen LogP contribution in [-0.2, 0) is 25.3 Å². The van der Waals surface area contributed by atoms with Crippen LogP contribution in [0, 0.1) is 11.6 Å². The van der Waals surface area contributed by atoms with Crippen LogP contribution in [0.1, 0.15) is 69.2 Å². The molecule has 9 heteroatoms. The lowest BCUT2D eigenvalue weighted by Crippen LogP contribution is -2.41. The molecule has 35 heavy (non-hydrogen) atoms. The predicted molar refractivity (Wildman–Crippen MR) is 125 cm³/mol. The van der Waals surface area contributed by atoms with Crippen LogP contribution in [0.2, 0.25) is 0 Å². The van der Waals surface area contributed by atoms with Crippen molar-refractivity contribution in [2.75, 3.05) is 13.7 Å². The van der Waals surface area contributed by atoms with Gasteiger partial charge in [0.2, 0.25) is 0 Å². The van der Waals surface area contributed by atoms with Gasteiger partial charge in [0, 0.05) is 23.1 Å². The molecule has 3 aliphatic rings. The molecule has 6 nitrogen and oxygen atoms in total. The molecule has 2 aromatic rings. The zero-order chi connectivity index (χ0) is 25.1. The smallest absolute Gasteiger partial charge is 0.492 e. The van der Waals surface area contributed by atoms with Crippen LogP contribution in [0.25, 0.3) is 0 Å². The summed E-state index contributed by atoms with van der Waals surface area (Å²) in [6.45, 7) is 8.06. The van der Waals surface area contributed by atoms with Crippen molar-refractivity contribution in [1.82, 2.24) is 0 Å². The topological polar surface area (TPSA) is 63.2 Å². The van der Waals surface area contributed by atoms with Crippen LogP contribution in [-0.4, -0.2) is 38.0 Å². The number of halogens is 2. The number of hydrogen-bond donors (Lipinski definition) is 0. The molecule has 186 valence electrons. The van der Waals surface area contributed by atoms with E-state index in [2.05, 4.69) is 0 Å². The highest BCUT2D eigenvalue weighted by Crippen LogP contribution is 2.43. The summed E-state index contributed by atoms with van der Waals surface area (Å²) in [5.74, 6) is -1.14. The Kier molecular flexibility index (Phi) is 5.83. The van der Waals surface area contributed by atoms with Crippen molar-refractivity contribution in [2.24, 2.45) is 0 Å². The molecule has 0 N–H and O–H groups in total. The number of hydrogen-bond acceptors (Lipinski definition) is 6. The Morgan fingerprint density at radius 2 is 1.86 bits per heavy atom. The van der Waals surface area contributed by atoms with Gasteiger partial charge in [-0.15, -0.1) is 0 Å². The molecule has 2 heterocycles. The molecule has 2 aromatic carbocycles. The van der Waals surface area contributed by atoms with Crippen LogP contribution < -0.4 is 14.9 Å². The van der Waals surface area contributed by atoms with Gasteiger partial charge in [-0.1, -0.05) is 6.07 Å². The summed E-state index contributed by atoms with van der Waals surface area (Å²) in [6, 6.07) is 6.53. The fourth-order valence-corrected chi connectivity index (χ4v) is 4.98. The van der Waals surface area contributed by atoms with Crippen LogP contribution in [0.3, 0.4) is 0 Å². The van der Waals surface area contributed by atoms with Crippen molar-refractivity contribution in [3.63, 3.8) is 0 Å². The third kappa shape index (κ3) is 4.08. The molecule has 2 aliphatic heterocycles. The van der Waals surface area contributed by atoms with Crippen LogP contribution in [0.4, 0.5) is 8.78 Å². The first-order chi connectivity index (χ1) is 16.5. The predicted octanol–water partition coefficient (Wildman–Crippen LogP) is 4.37. The second kappa shape index (κ2) is 8.48. The number of methoxy groups -OCH3 is 1. The Bertz CT molecular complexity index is 1160. The number of esters is 1. The standard InChI is InChI=1S/C26H29BF2O6/c1-25(2)26(3,4)35-27(34-25)18-12-19(28)24(29)23-17(18)8-9-20(23)33-15-6-7-16-14(10-22(30)31-5)13-32-21(16)11-15/h6-7,11-12,14,20H,8-10,13H2,1-5H3/t14-,20-/m1/s1. The van der Waals surface area contributed by atoms with E-state index in [9.17, 15) is 9.18 Å². The fraction of sp³-hybridized carbons (Fsp3) is 0.500. The second-order valence-electron chi connectivity index (χ2n) is 10.4. The normalized spacial score (nSPS) is 23.6. The molecule has 1 saturated heterocycles. The molecule has 0 bridgehead atoms. The number of ether oxygens (including phenoxy) is 3. The Morgan fingerprint density at radius 1 is 1.14 bits per heavy atom. The number of carbonyl (C=O) groups excluding carboxylic acids is 1. The zero-order valence-corrected chi connectivity index (χ0v) is 20.6. The van der Waals surface area contributed by atoms with Crippen molar-refractivity contribution in [2.45, 2.75) is 70.2 Å². The van der Waals surface area contributed by atoms with Crippen LogP contribution >= 0.6 is 0 Å². The van der Waals surface area contributed by atoms with Gasteiger partial charge >= 0.3 is 13.1 Å². The van der Waals surface area contributed by atoms with E-state index < -0.39 is 36.1 Å².